The molecule has 0 heterocycles. The highest BCUT2D eigenvalue weighted by Crippen LogP contribution is 2.03. The van der Waals surface area contributed by atoms with E-state index < -0.39 is 0 Å². The van der Waals surface area contributed by atoms with Crippen LogP contribution in [0.2, 0.25) is 0 Å². The van der Waals surface area contributed by atoms with Crippen LogP contribution in [0.4, 0.5) is 0 Å². The molecule has 0 aromatic heterocycles. The van der Waals surface area contributed by atoms with Crippen molar-refractivity contribution in [3.05, 3.63) is 0 Å². The molecule has 1 N–H and O–H groups in total. The van der Waals surface area contributed by atoms with Gasteiger partial charge in [-0.15, -0.1) is 17.0 Å². The summed E-state index contributed by atoms with van der Waals surface area (Å²) in [6.07, 6.45) is 8.49. The Kier molecular flexibility index (Phi) is 34.3. The fourth-order valence-corrected chi connectivity index (χ4v) is 0.854. The van der Waals surface area contributed by atoms with Gasteiger partial charge in [0.2, 0.25) is 0 Å². The number of halogens is 1. The first-order valence-electron chi connectivity index (χ1n) is 4.91. The van der Waals surface area contributed by atoms with Crippen LogP contribution in [0.1, 0.15) is 52.4 Å². The molecule has 0 aromatic rings. The van der Waals surface area contributed by atoms with Gasteiger partial charge in [-0.25, -0.2) is 0 Å². The monoisotopic (exact) mass is 239 g/mol. The van der Waals surface area contributed by atoms with Gasteiger partial charge < -0.3 is 5.32 Å². The summed E-state index contributed by atoms with van der Waals surface area (Å²) in [5.74, 6) is 0. The van der Waals surface area contributed by atoms with Gasteiger partial charge in [0.05, 0.1) is 0 Å². The van der Waals surface area contributed by atoms with E-state index in [9.17, 15) is 0 Å². The standard InChI is InChI=1S/C8H18.C2H7N.BrH/c1-3-5-7-8-6-4-2;1-3-2;/h3-8H2,1-2H3;3H,1-2H3;1H. The predicted octanol–water partition coefficient (Wildman–Crippen LogP) is 3.78. The summed E-state index contributed by atoms with van der Waals surface area (Å²) < 4.78 is 0. The van der Waals surface area contributed by atoms with E-state index in [0.717, 1.165) is 0 Å². The number of hydrogen-bond acceptors (Lipinski definition) is 1. The quantitative estimate of drug-likeness (QED) is 0.721. The van der Waals surface area contributed by atoms with Crippen LogP contribution in [-0.4, -0.2) is 14.1 Å². The first kappa shape index (κ1) is 18.3. The van der Waals surface area contributed by atoms with Gasteiger partial charge in [-0.2, -0.15) is 0 Å². The van der Waals surface area contributed by atoms with Crippen LogP contribution in [0.3, 0.4) is 0 Å². The smallest absolute Gasteiger partial charge is 0.0167 e. The summed E-state index contributed by atoms with van der Waals surface area (Å²) in [4.78, 5) is 0. The second-order valence-corrected chi connectivity index (χ2v) is 2.91. The first-order chi connectivity index (χ1) is 5.33. The van der Waals surface area contributed by atoms with E-state index in [-0.39, 0.29) is 17.0 Å². The second-order valence-electron chi connectivity index (χ2n) is 2.91. The summed E-state index contributed by atoms with van der Waals surface area (Å²) in [6, 6.07) is 0. The van der Waals surface area contributed by atoms with E-state index in [1.165, 1.54) is 38.5 Å². The Bertz CT molecular complexity index is 43.1. The van der Waals surface area contributed by atoms with Crippen molar-refractivity contribution in [2.24, 2.45) is 0 Å². The van der Waals surface area contributed by atoms with Crippen LogP contribution < -0.4 is 5.32 Å². The summed E-state index contributed by atoms with van der Waals surface area (Å²) in [5.41, 5.74) is 0. The molecule has 12 heavy (non-hydrogen) atoms. The number of rotatable bonds is 5. The number of nitrogens with one attached hydrogen (secondary N) is 1. The first-order valence-corrected chi connectivity index (χ1v) is 4.91. The zero-order valence-corrected chi connectivity index (χ0v) is 10.9. The average Bonchev–Trinajstić information content (AvgIpc) is 2.00. The minimum atomic E-state index is 0. The molecule has 0 fully saturated rings. The Labute approximate surface area is 89.1 Å². The van der Waals surface area contributed by atoms with Crippen LogP contribution in [0.5, 0.6) is 0 Å². The normalized spacial score (nSPS) is 8.00. The minimum Gasteiger partial charge on any atom is -0.323 e. The molecular formula is C10H26BrN. The maximum atomic E-state index is 2.75. The van der Waals surface area contributed by atoms with Gasteiger partial charge >= 0.3 is 0 Å². The zero-order valence-electron chi connectivity index (χ0n) is 9.15. The molecule has 0 atom stereocenters. The average molecular weight is 240 g/mol. The lowest BCUT2D eigenvalue weighted by Gasteiger charge is -1.93. The van der Waals surface area contributed by atoms with Crippen molar-refractivity contribution in [2.75, 3.05) is 14.1 Å². The molecule has 0 bridgehead atoms. The van der Waals surface area contributed by atoms with Gasteiger partial charge in [0.1, 0.15) is 0 Å². The lowest BCUT2D eigenvalue weighted by molar-refractivity contribution is 0.624. The molecule has 0 aliphatic heterocycles. The summed E-state index contributed by atoms with van der Waals surface area (Å²) >= 11 is 0. The van der Waals surface area contributed by atoms with Crippen molar-refractivity contribution < 1.29 is 0 Å². The van der Waals surface area contributed by atoms with E-state index in [1.807, 2.05) is 14.1 Å². The van der Waals surface area contributed by atoms with Gasteiger partial charge in [0, 0.05) is 0 Å². The van der Waals surface area contributed by atoms with Crippen LogP contribution in [0, 0.1) is 0 Å². The Hall–Kier alpha value is 0.440. The van der Waals surface area contributed by atoms with E-state index in [1.54, 1.807) is 0 Å². The third kappa shape index (κ3) is 31.4. The molecule has 0 saturated heterocycles. The van der Waals surface area contributed by atoms with Gasteiger partial charge in [-0.05, 0) is 14.1 Å². The van der Waals surface area contributed by atoms with Crippen LogP contribution in [0.15, 0.2) is 0 Å². The van der Waals surface area contributed by atoms with Crippen molar-refractivity contribution >= 4 is 17.0 Å². The molecule has 0 aromatic carbocycles. The summed E-state index contributed by atoms with van der Waals surface area (Å²) in [5, 5.41) is 2.75. The van der Waals surface area contributed by atoms with Crippen molar-refractivity contribution in [3.63, 3.8) is 0 Å². The minimum absolute atomic E-state index is 0. The highest BCUT2D eigenvalue weighted by atomic mass is 79.9. The Morgan fingerprint density at radius 3 is 1.17 bits per heavy atom. The third-order valence-electron chi connectivity index (χ3n) is 1.46. The molecular weight excluding hydrogens is 214 g/mol. The van der Waals surface area contributed by atoms with Crippen molar-refractivity contribution in [2.45, 2.75) is 52.4 Å². The topological polar surface area (TPSA) is 12.0 Å². The van der Waals surface area contributed by atoms with E-state index in [0.29, 0.717) is 0 Å². The molecule has 0 amide bonds. The molecule has 0 rings (SSSR count). The van der Waals surface area contributed by atoms with E-state index in [2.05, 4.69) is 19.2 Å². The Balaban J connectivity index is -0.000000177. The van der Waals surface area contributed by atoms with Crippen LogP contribution in [0.25, 0.3) is 0 Å². The van der Waals surface area contributed by atoms with Gasteiger partial charge in [-0.3, -0.25) is 0 Å². The van der Waals surface area contributed by atoms with E-state index in [4.69, 9.17) is 0 Å². The summed E-state index contributed by atoms with van der Waals surface area (Å²) in [7, 11) is 3.75. The van der Waals surface area contributed by atoms with Crippen molar-refractivity contribution in [3.8, 4) is 0 Å². The maximum Gasteiger partial charge on any atom is -0.0167 e. The predicted molar refractivity (Wildman–Crippen MR) is 64.4 cm³/mol. The lowest BCUT2D eigenvalue weighted by Crippen LogP contribution is -1.89. The molecule has 0 aliphatic rings. The molecule has 0 saturated carbocycles. The van der Waals surface area contributed by atoms with Crippen LogP contribution in [-0.2, 0) is 0 Å². The van der Waals surface area contributed by atoms with E-state index >= 15 is 0 Å². The molecule has 2 heteroatoms. The molecule has 1 nitrogen and oxygen atoms in total. The van der Waals surface area contributed by atoms with Crippen LogP contribution >= 0.6 is 17.0 Å². The SMILES string of the molecule is Br.CCCCCCCC.CNC. The third-order valence-corrected chi connectivity index (χ3v) is 1.46. The number of hydrogen-bond donors (Lipinski definition) is 1. The van der Waals surface area contributed by atoms with Gasteiger partial charge in [0.25, 0.3) is 0 Å². The second kappa shape index (κ2) is 22.5. The Morgan fingerprint density at radius 1 is 0.750 bits per heavy atom. The van der Waals surface area contributed by atoms with Gasteiger partial charge in [-0.1, -0.05) is 52.4 Å². The highest BCUT2D eigenvalue weighted by Gasteiger charge is 1.83. The number of unbranched alkanes of at least 4 members (excludes halogenated alkanes) is 5. The van der Waals surface area contributed by atoms with Gasteiger partial charge in [0.15, 0.2) is 0 Å². The lowest BCUT2D eigenvalue weighted by atomic mass is 10.1. The molecule has 0 unspecified atom stereocenters. The highest BCUT2D eigenvalue weighted by molar-refractivity contribution is 8.93. The molecule has 78 valence electrons. The maximum absolute atomic E-state index is 2.75. The molecule has 0 radical (unpaired) electrons. The Morgan fingerprint density at radius 2 is 1.00 bits per heavy atom. The van der Waals surface area contributed by atoms with Crippen molar-refractivity contribution in [1.29, 1.82) is 0 Å². The summed E-state index contributed by atoms with van der Waals surface area (Å²) in [6.45, 7) is 4.51. The molecule has 0 aliphatic carbocycles. The molecule has 0 spiro atoms. The largest absolute Gasteiger partial charge is 0.323 e. The zero-order chi connectivity index (χ0) is 8.95. The van der Waals surface area contributed by atoms with Crippen molar-refractivity contribution in [1.82, 2.24) is 5.32 Å². The fraction of sp³-hybridized carbons (Fsp3) is 1.00. The fourth-order valence-electron chi connectivity index (χ4n) is 0.854.